The van der Waals surface area contributed by atoms with E-state index in [1.54, 1.807) is 13.2 Å². The average Bonchev–Trinajstić information content (AvgIpc) is 2.35. The molecule has 1 aromatic carbocycles. The van der Waals surface area contributed by atoms with E-state index in [0.29, 0.717) is 5.69 Å². The summed E-state index contributed by atoms with van der Waals surface area (Å²) in [6.07, 6.45) is 3.13. The SMILES string of the molecule is COCCCCCNc1ccc([N+](=O)[O-])cc1N. The molecule has 0 fully saturated rings. The van der Waals surface area contributed by atoms with Crippen LogP contribution < -0.4 is 11.1 Å². The number of benzene rings is 1. The van der Waals surface area contributed by atoms with Gasteiger partial charge in [-0.05, 0) is 25.3 Å². The van der Waals surface area contributed by atoms with E-state index >= 15 is 0 Å². The second-order valence-corrected chi connectivity index (χ2v) is 4.01. The van der Waals surface area contributed by atoms with E-state index in [2.05, 4.69) is 5.32 Å². The van der Waals surface area contributed by atoms with Gasteiger partial charge in [0.2, 0.25) is 0 Å². The third-order valence-corrected chi connectivity index (χ3v) is 2.59. The number of nitro groups is 1. The van der Waals surface area contributed by atoms with Gasteiger partial charge >= 0.3 is 0 Å². The molecule has 0 aliphatic heterocycles. The molecule has 0 aromatic heterocycles. The minimum Gasteiger partial charge on any atom is -0.397 e. The van der Waals surface area contributed by atoms with E-state index in [9.17, 15) is 10.1 Å². The third-order valence-electron chi connectivity index (χ3n) is 2.59. The first-order valence-corrected chi connectivity index (χ1v) is 5.92. The molecule has 3 N–H and O–H groups in total. The number of ether oxygens (including phenoxy) is 1. The summed E-state index contributed by atoms with van der Waals surface area (Å²) in [6, 6.07) is 4.46. The van der Waals surface area contributed by atoms with Gasteiger partial charge in [0.1, 0.15) is 0 Å². The van der Waals surface area contributed by atoms with Gasteiger partial charge < -0.3 is 15.8 Å². The summed E-state index contributed by atoms with van der Waals surface area (Å²) < 4.78 is 4.96. The number of nitrogens with one attached hydrogen (secondary N) is 1. The predicted molar refractivity (Wildman–Crippen MR) is 71.7 cm³/mol. The minimum absolute atomic E-state index is 0.0122. The van der Waals surface area contributed by atoms with Gasteiger partial charge in [-0.15, -0.1) is 0 Å². The number of rotatable bonds is 8. The molecule has 0 bridgehead atoms. The Morgan fingerprint density at radius 2 is 2.17 bits per heavy atom. The first-order chi connectivity index (χ1) is 8.65. The van der Waals surface area contributed by atoms with Crippen LogP contribution in [0.2, 0.25) is 0 Å². The van der Waals surface area contributed by atoms with Gasteiger partial charge in [-0.2, -0.15) is 0 Å². The molecule has 100 valence electrons. The number of anilines is 2. The van der Waals surface area contributed by atoms with Gasteiger partial charge in [0.05, 0.1) is 16.3 Å². The summed E-state index contributed by atoms with van der Waals surface area (Å²) in [5.74, 6) is 0. The van der Waals surface area contributed by atoms with Crippen LogP contribution in [0.5, 0.6) is 0 Å². The summed E-state index contributed by atoms with van der Waals surface area (Å²) in [4.78, 5) is 10.1. The zero-order chi connectivity index (χ0) is 13.4. The molecule has 0 unspecified atom stereocenters. The van der Waals surface area contributed by atoms with Gasteiger partial charge in [0, 0.05) is 32.4 Å². The number of nitrogen functional groups attached to an aromatic ring is 1. The second kappa shape index (κ2) is 7.50. The lowest BCUT2D eigenvalue weighted by molar-refractivity contribution is -0.384. The lowest BCUT2D eigenvalue weighted by Gasteiger charge is -2.08. The quantitative estimate of drug-likeness (QED) is 0.321. The maximum absolute atomic E-state index is 10.5. The fraction of sp³-hybridized carbons (Fsp3) is 0.500. The van der Waals surface area contributed by atoms with Gasteiger partial charge in [-0.1, -0.05) is 0 Å². The molecule has 0 heterocycles. The smallest absolute Gasteiger partial charge is 0.271 e. The number of non-ortho nitro benzene ring substituents is 1. The number of methoxy groups -OCH3 is 1. The first kappa shape index (κ1) is 14.2. The average molecular weight is 253 g/mol. The van der Waals surface area contributed by atoms with Gasteiger partial charge in [-0.25, -0.2) is 0 Å². The predicted octanol–water partition coefficient (Wildman–Crippen LogP) is 2.41. The van der Waals surface area contributed by atoms with Crippen LogP contribution in [-0.2, 0) is 4.74 Å². The summed E-state index contributed by atoms with van der Waals surface area (Å²) in [5.41, 5.74) is 6.89. The van der Waals surface area contributed by atoms with E-state index in [1.807, 2.05) is 0 Å². The fourth-order valence-corrected chi connectivity index (χ4v) is 1.60. The molecule has 0 saturated carbocycles. The molecule has 0 amide bonds. The third kappa shape index (κ3) is 4.58. The van der Waals surface area contributed by atoms with Gasteiger partial charge in [-0.3, -0.25) is 10.1 Å². The van der Waals surface area contributed by atoms with Crippen molar-refractivity contribution >= 4 is 17.1 Å². The molecule has 1 rings (SSSR count). The Morgan fingerprint density at radius 1 is 1.39 bits per heavy atom. The molecule has 0 radical (unpaired) electrons. The molecule has 0 spiro atoms. The van der Waals surface area contributed by atoms with Crippen LogP contribution in [0.15, 0.2) is 18.2 Å². The zero-order valence-corrected chi connectivity index (χ0v) is 10.5. The Balaban J connectivity index is 2.36. The molecule has 0 aliphatic carbocycles. The van der Waals surface area contributed by atoms with Crippen molar-refractivity contribution in [2.45, 2.75) is 19.3 Å². The molecule has 0 atom stereocenters. The number of hydrogen-bond acceptors (Lipinski definition) is 5. The standard InChI is InChI=1S/C12H19N3O3/c1-18-8-4-2-3-7-14-12-6-5-10(15(16)17)9-11(12)13/h5-6,9,14H,2-4,7-8,13H2,1H3. The number of unbranched alkanes of at least 4 members (excludes halogenated alkanes) is 2. The van der Waals surface area contributed by atoms with Crippen LogP contribution in [0.25, 0.3) is 0 Å². The molecule has 6 nitrogen and oxygen atoms in total. The largest absolute Gasteiger partial charge is 0.397 e. The number of hydrogen-bond donors (Lipinski definition) is 2. The molecule has 1 aromatic rings. The molecule has 18 heavy (non-hydrogen) atoms. The lowest BCUT2D eigenvalue weighted by Crippen LogP contribution is -2.05. The van der Waals surface area contributed by atoms with Crippen molar-refractivity contribution in [1.82, 2.24) is 0 Å². The lowest BCUT2D eigenvalue weighted by atomic mass is 10.2. The highest BCUT2D eigenvalue weighted by atomic mass is 16.6. The Hall–Kier alpha value is -1.82. The maximum Gasteiger partial charge on any atom is 0.271 e. The maximum atomic E-state index is 10.5. The highest BCUT2D eigenvalue weighted by Gasteiger charge is 2.07. The minimum atomic E-state index is -0.453. The first-order valence-electron chi connectivity index (χ1n) is 5.92. The van der Waals surface area contributed by atoms with Crippen LogP contribution >= 0.6 is 0 Å². The molecule has 6 heteroatoms. The number of nitrogens with two attached hydrogens (primary N) is 1. The summed E-state index contributed by atoms with van der Waals surface area (Å²) >= 11 is 0. The molecular weight excluding hydrogens is 234 g/mol. The Bertz CT molecular complexity index is 396. The van der Waals surface area contributed by atoms with Crippen LogP contribution in [-0.4, -0.2) is 25.2 Å². The van der Waals surface area contributed by atoms with Gasteiger partial charge in [0.25, 0.3) is 5.69 Å². The van der Waals surface area contributed by atoms with Crippen molar-refractivity contribution in [3.8, 4) is 0 Å². The highest BCUT2D eigenvalue weighted by molar-refractivity contribution is 5.69. The Kier molecular flexibility index (Phi) is 5.93. The summed E-state index contributed by atoms with van der Waals surface area (Å²) in [5, 5.41) is 13.7. The van der Waals surface area contributed by atoms with E-state index in [-0.39, 0.29) is 5.69 Å². The number of nitro benzene ring substituents is 1. The number of nitrogens with zero attached hydrogens (tertiary/aromatic N) is 1. The van der Waals surface area contributed by atoms with Crippen molar-refractivity contribution in [3.05, 3.63) is 28.3 Å². The van der Waals surface area contributed by atoms with E-state index in [0.717, 1.165) is 38.1 Å². The molecule has 0 aliphatic rings. The second-order valence-electron chi connectivity index (χ2n) is 4.01. The van der Waals surface area contributed by atoms with Crippen molar-refractivity contribution in [2.75, 3.05) is 31.3 Å². The van der Waals surface area contributed by atoms with E-state index < -0.39 is 4.92 Å². The summed E-state index contributed by atoms with van der Waals surface area (Å²) in [7, 11) is 1.69. The van der Waals surface area contributed by atoms with Crippen molar-refractivity contribution in [2.24, 2.45) is 0 Å². The van der Waals surface area contributed by atoms with Crippen LogP contribution in [0, 0.1) is 10.1 Å². The topological polar surface area (TPSA) is 90.4 Å². The Labute approximate surface area is 106 Å². The highest BCUT2D eigenvalue weighted by Crippen LogP contribution is 2.23. The molecule has 0 saturated heterocycles. The van der Waals surface area contributed by atoms with E-state index in [4.69, 9.17) is 10.5 Å². The zero-order valence-electron chi connectivity index (χ0n) is 10.5. The van der Waals surface area contributed by atoms with Crippen LogP contribution in [0.1, 0.15) is 19.3 Å². The monoisotopic (exact) mass is 253 g/mol. The van der Waals surface area contributed by atoms with Crippen LogP contribution in [0.4, 0.5) is 17.1 Å². The fourth-order valence-electron chi connectivity index (χ4n) is 1.60. The van der Waals surface area contributed by atoms with Crippen LogP contribution in [0.3, 0.4) is 0 Å². The van der Waals surface area contributed by atoms with E-state index in [1.165, 1.54) is 12.1 Å². The van der Waals surface area contributed by atoms with Crippen molar-refractivity contribution in [3.63, 3.8) is 0 Å². The van der Waals surface area contributed by atoms with Crippen molar-refractivity contribution < 1.29 is 9.66 Å². The molecular formula is C12H19N3O3. The summed E-state index contributed by atoms with van der Waals surface area (Å²) in [6.45, 7) is 1.57. The normalized spacial score (nSPS) is 10.3. The van der Waals surface area contributed by atoms with Crippen molar-refractivity contribution in [1.29, 1.82) is 0 Å². The van der Waals surface area contributed by atoms with Gasteiger partial charge in [0.15, 0.2) is 0 Å². The Morgan fingerprint density at radius 3 is 2.78 bits per heavy atom.